The number of hydrogen-bond acceptors (Lipinski definition) is 5. The van der Waals surface area contributed by atoms with Gasteiger partial charge in [-0.2, -0.15) is 0 Å². The van der Waals surface area contributed by atoms with Gasteiger partial charge in [0.05, 0.1) is 11.5 Å². The lowest BCUT2D eigenvalue weighted by Gasteiger charge is -2.04. The second-order valence-corrected chi connectivity index (χ2v) is 3.96. The van der Waals surface area contributed by atoms with Crippen molar-refractivity contribution in [3.05, 3.63) is 39.7 Å². The number of nitrogens with two attached hydrogens (primary N) is 1. The minimum Gasteiger partial charge on any atom is -0.324 e. The Morgan fingerprint density at radius 2 is 2.17 bits per heavy atom. The van der Waals surface area contributed by atoms with Crippen LogP contribution in [0, 0.1) is 17.0 Å². The van der Waals surface area contributed by atoms with Crippen molar-refractivity contribution in [3.8, 4) is 11.4 Å². The number of rotatable bonds is 3. The Labute approximate surface area is 103 Å². The first-order valence-corrected chi connectivity index (χ1v) is 5.38. The molecule has 0 aliphatic carbocycles. The molecule has 2 N–H and O–H groups in total. The highest BCUT2D eigenvalue weighted by Gasteiger charge is 2.14. The van der Waals surface area contributed by atoms with Crippen LogP contribution in [0.15, 0.2) is 18.2 Å². The number of aromatic nitrogens is 3. The smallest absolute Gasteiger partial charge is 0.272 e. The van der Waals surface area contributed by atoms with Gasteiger partial charge in [-0.1, -0.05) is 0 Å². The summed E-state index contributed by atoms with van der Waals surface area (Å²) < 4.78 is 1.78. The van der Waals surface area contributed by atoms with Crippen LogP contribution < -0.4 is 5.73 Å². The molecular weight excluding hydrogens is 234 g/mol. The van der Waals surface area contributed by atoms with E-state index in [0.29, 0.717) is 23.8 Å². The maximum absolute atomic E-state index is 10.7. The first-order valence-electron chi connectivity index (χ1n) is 5.38. The third-order valence-corrected chi connectivity index (χ3v) is 2.80. The van der Waals surface area contributed by atoms with Gasteiger partial charge >= 0.3 is 0 Å². The second-order valence-electron chi connectivity index (χ2n) is 3.96. The SMILES string of the molecule is Cc1cc(-c2nnc(CN)n2C)ccc1[N+](=O)[O-]. The molecule has 0 aliphatic rings. The molecule has 1 aromatic carbocycles. The van der Waals surface area contributed by atoms with Gasteiger partial charge in [0.15, 0.2) is 5.82 Å². The zero-order valence-electron chi connectivity index (χ0n) is 10.1. The number of nitrogens with zero attached hydrogens (tertiary/aromatic N) is 4. The van der Waals surface area contributed by atoms with Gasteiger partial charge in [-0.05, 0) is 19.1 Å². The highest BCUT2D eigenvalue weighted by Crippen LogP contribution is 2.24. The van der Waals surface area contributed by atoms with Crippen molar-refractivity contribution in [2.24, 2.45) is 12.8 Å². The molecule has 0 radical (unpaired) electrons. The summed E-state index contributed by atoms with van der Waals surface area (Å²) in [6, 6.07) is 4.86. The van der Waals surface area contributed by atoms with E-state index in [4.69, 9.17) is 5.73 Å². The molecule has 0 spiro atoms. The molecule has 0 unspecified atom stereocenters. The van der Waals surface area contributed by atoms with Gasteiger partial charge in [0.2, 0.25) is 0 Å². The fourth-order valence-electron chi connectivity index (χ4n) is 1.79. The summed E-state index contributed by atoms with van der Waals surface area (Å²) in [4.78, 5) is 10.3. The molecule has 94 valence electrons. The molecule has 0 saturated heterocycles. The Bertz CT molecular complexity index is 605. The van der Waals surface area contributed by atoms with Crippen molar-refractivity contribution in [1.82, 2.24) is 14.8 Å². The zero-order valence-corrected chi connectivity index (χ0v) is 10.1. The predicted octanol–water partition coefficient (Wildman–Crippen LogP) is 1.16. The summed E-state index contributed by atoms with van der Waals surface area (Å²) in [6.07, 6.45) is 0. The lowest BCUT2D eigenvalue weighted by Crippen LogP contribution is -2.05. The average molecular weight is 247 g/mol. The minimum absolute atomic E-state index is 0.0972. The van der Waals surface area contributed by atoms with Crippen molar-refractivity contribution >= 4 is 5.69 Å². The largest absolute Gasteiger partial charge is 0.324 e. The third kappa shape index (κ3) is 1.95. The average Bonchev–Trinajstić information content (AvgIpc) is 2.69. The van der Waals surface area contributed by atoms with E-state index in [2.05, 4.69) is 10.2 Å². The summed E-state index contributed by atoms with van der Waals surface area (Å²) in [5, 5.41) is 18.7. The standard InChI is InChI=1S/C11H13N5O2/c1-7-5-8(3-4-9(7)16(17)18)11-14-13-10(6-12)15(11)2/h3-5H,6,12H2,1-2H3. The summed E-state index contributed by atoms with van der Waals surface area (Å²) in [7, 11) is 1.81. The summed E-state index contributed by atoms with van der Waals surface area (Å²) in [5.74, 6) is 1.31. The van der Waals surface area contributed by atoms with Gasteiger partial charge in [-0.25, -0.2) is 0 Å². The van der Waals surface area contributed by atoms with Gasteiger partial charge in [-0.15, -0.1) is 10.2 Å². The minimum atomic E-state index is -0.402. The molecule has 1 aromatic heterocycles. The van der Waals surface area contributed by atoms with Crippen molar-refractivity contribution in [2.45, 2.75) is 13.5 Å². The first-order chi connectivity index (χ1) is 8.54. The van der Waals surface area contributed by atoms with Crippen LogP contribution in [0.5, 0.6) is 0 Å². The number of nitro groups is 1. The maximum Gasteiger partial charge on any atom is 0.272 e. The highest BCUT2D eigenvalue weighted by molar-refractivity contribution is 5.60. The highest BCUT2D eigenvalue weighted by atomic mass is 16.6. The quantitative estimate of drug-likeness (QED) is 0.648. The Morgan fingerprint density at radius 1 is 1.44 bits per heavy atom. The van der Waals surface area contributed by atoms with Crippen LogP contribution in [-0.2, 0) is 13.6 Å². The normalized spacial score (nSPS) is 10.6. The van der Waals surface area contributed by atoms with Crippen LogP contribution in [0.3, 0.4) is 0 Å². The van der Waals surface area contributed by atoms with E-state index >= 15 is 0 Å². The molecular formula is C11H13N5O2. The van der Waals surface area contributed by atoms with Crippen LogP contribution in [-0.4, -0.2) is 19.7 Å². The van der Waals surface area contributed by atoms with Gasteiger partial charge in [-0.3, -0.25) is 10.1 Å². The third-order valence-electron chi connectivity index (χ3n) is 2.80. The van der Waals surface area contributed by atoms with Gasteiger partial charge in [0.25, 0.3) is 5.69 Å². The van der Waals surface area contributed by atoms with Crippen LogP contribution in [0.1, 0.15) is 11.4 Å². The molecule has 0 fully saturated rings. The first kappa shape index (κ1) is 12.2. The van der Waals surface area contributed by atoms with E-state index in [9.17, 15) is 10.1 Å². The summed E-state index contributed by atoms with van der Waals surface area (Å²) in [5.41, 5.74) is 7.00. The molecule has 2 rings (SSSR count). The molecule has 18 heavy (non-hydrogen) atoms. The Morgan fingerprint density at radius 3 is 2.67 bits per heavy atom. The molecule has 0 aliphatic heterocycles. The van der Waals surface area contributed by atoms with E-state index in [1.165, 1.54) is 6.07 Å². The lowest BCUT2D eigenvalue weighted by molar-refractivity contribution is -0.385. The molecule has 7 nitrogen and oxygen atoms in total. The summed E-state index contributed by atoms with van der Waals surface area (Å²) >= 11 is 0. The van der Waals surface area contributed by atoms with Crippen LogP contribution in [0.25, 0.3) is 11.4 Å². The van der Waals surface area contributed by atoms with Crippen LogP contribution in [0.2, 0.25) is 0 Å². The van der Waals surface area contributed by atoms with E-state index in [1.54, 1.807) is 23.6 Å². The maximum atomic E-state index is 10.7. The van der Waals surface area contributed by atoms with Gasteiger partial charge < -0.3 is 10.3 Å². The molecule has 0 bridgehead atoms. The number of aryl methyl sites for hydroxylation is 1. The predicted molar refractivity (Wildman–Crippen MR) is 65.7 cm³/mol. The van der Waals surface area contributed by atoms with E-state index in [0.717, 1.165) is 5.56 Å². The van der Waals surface area contributed by atoms with E-state index in [1.807, 2.05) is 7.05 Å². The molecule has 2 aromatic rings. The van der Waals surface area contributed by atoms with Crippen molar-refractivity contribution in [2.75, 3.05) is 0 Å². The monoisotopic (exact) mass is 247 g/mol. The number of nitro benzene ring substituents is 1. The lowest BCUT2D eigenvalue weighted by atomic mass is 10.1. The summed E-state index contributed by atoms with van der Waals surface area (Å²) in [6.45, 7) is 2.00. The molecule has 0 atom stereocenters. The fourth-order valence-corrected chi connectivity index (χ4v) is 1.79. The molecule has 0 saturated carbocycles. The Hall–Kier alpha value is -2.28. The van der Waals surface area contributed by atoms with Crippen LogP contribution >= 0.6 is 0 Å². The Kier molecular flexibility index (Phi) is 3.07. The van der Waals surface area contributed by atoms with E-state index < -0.39 is 4.92 Å². The van der Waals surface area contributed by atoms with Crippen molar-refractivity contribution in [1.29, 1.82) is 0 Å². The molecule has 7 heteroatoms. The van der Waals surface area contributed by atoms with Gasteiger partial charge in [0.1, 0.15) is 5.82 Å². The second kappa shape index (κ2) is 4.53. The van der Waals surface area contributed by atoms with E-state index in [-0.39, 0.29) is 5.69 Å². The Balaban J connectivity index is 2.49. The number of benzene rings is 1. The van der Waals surface area contributed by atoms with Gasteiger partial charge in [0, 0.05) is 24.2 Å². The van der Waals surface area contributed by atoms with Crippen molar-refractivity contribution < 1.29 is 4.92 Å². The molecule has 0 amide bonds. The topological polar surface area (TPSA) is 99.9 Å². The molecule has 1 heterocycles. The number of hydrogen-bond donors (Lipinski definition) is 1. The van der Waals surface area contributed by atoms with Crippen LogP contribution in [0.4, 0.5) is 5.69 Å². The van der Waals surface area contributed by atoms with Crippen molar-refractivity contribution in [3.63, 3.8) is 0 Å². The zero-order chi connectivity index (χ0) is 13.3. The fraction of sp³-hybridized carbons (Fsp3) is 0.273.